The van der Waals surface area contributed by atoms with E-state index in [2.05, 4.69) is 12.2 Å². The van der Waals surface area contributed by atoms with E-state index >= 15 is 0 Å². The standard InChI is InChI=1S/C21H33NO3/c1-7-24-21(10-8-9-15(4)13-21)20(23)22-18-11-16(5)19(17(6)12-18)25-14(2)3/h11-12,14-15H,7-10,13H2,1-6H3,(H,22,23)/t15-,21-/m1/s1. The molecule has 1 amide bonds. The number of hydrogen-bond donors (Lipinski definition) is 1. The summed E-state index contributed by atoms with van der Waals surface area (Å²) in [4.78, 5) is 13.0. The van der Waals surface area contributed by atoms with Crippen LogP contribution in [0, 0.1) is 19.8 Å². The van der Waals surface area contributed by atoms with Crippen molar-refractivity contribution in [3.05, 3.63) is 23.3 Å². The maximum atomic E-state index is 13.0. The summed E-state index contributed by atoms with van der Waals surface area (Å²) in [5.41, 5.74) is 2.19. The lowest BCUT2D eigenvalue weighted by Crippen LogP contribution is -2.48. The minimum Gasteiger partial charge on any atom is -0.490 e. The molecule has 2 atom stereocenters. The number of amides is 1. The van der Waals surface area contributed by atoms with E-state index in [-0.39, 0.29) is 12.0 Å². The number of nitrogens with one attached hydrogen (secondary N) is 1. The first-order chi connectivity index (χ1) is 11.8. The van der Waals surface area contributed by atoms with E-state index < -0.39 is 5.60 Å². The molecule has 0 aromatic heterocycles. The third-order valence-corrected chi connectivity index (χ3v) is 4.86. The molecule has 140 valence electrons. The van der Waals surface area contributed by atoms with Crippen molar-refractivity contribution in [3.8, 4) is 5.75 Å². The van der Waals surface area contributed by atoms with Crippen molar-refractivity contribution >= 4 is 11.6 Å². The van der Waals surface area contributed by atoms with Gasteiger partial charge in [0.15, 0.2) is 0 Å². The lowest BCUT2D eigenvalue weighted by atomic mass is 9.78. The Hall–Kier alpha value is -1.55. The Morgan fingerprint density at radius 1 is 1.32 bits per heavy atom. The Labute approximate surface area is 152 Å². The number of carbonyl (C=O) groups excluding carboxylic acids is 1. The Morgan fingerprint density at radius 2 is 1.96 bits per heavy atom. The molecular weight excluding hydrogens is 314 g/mol. The summed E-state index contributed by atoms with van der Waals surface area (Å²) in [6.45, 7) is 12.8. The van der Waals surface area contributed by atoms with Crippen LogP contribution in [0.5, 0.6) is 5.75 Å². The molecule has 4 nitrogen and oxygen atoms in total. The number of benzene rings is 1. The van der Waals surface area contributed by atoms with Gasteiger partial charge in [0.25, 0.3) is 5.91 Å². The zero-order valence-corrected chi connectivity index (χ0v) is 16.6. The van der Waals surface area contributed by atoms with E-state index in [1.807, 2.05) is 46.8 Å². The van der Waals surface area contributed by atoms with Crippen molar-refractivity contribution in [2.24, 2.45) is 5.92 Å². The molecule has 0 spiro atoms. The summed E-state index contributed by atoms with van der Waals surface area (Å²) in [5, 5.41) is 3.10. The lowest BCUT2D eigenvalue weighted by Gasteiger charge is -2.38. The quantitative estimate of drug-likeness (QED) is 0.786. The Morgan fingerprint density at radius 3 is 2.48 bits per heavy atom. The van der Waals surface area contributed by atoms with Crippen LogP contribution in [0.3, 0.4) is 0 Å². The number of ether oxygens (including phenoxy) is 2. The first-order valence-corrected chi connectivity index (χ1v) is 9.50. The maximum absolute atomic E-state index is 13.0. The van der Waals surface area contributed by atoms with Gasteiger partial charge in [-0.3, -0.25) is 4.79 Å². The highest BCUT2D eigenvalue weighted by Crippen LogP contribution is 2.37. The van der Waals surface area contributed by atoms with E-state index in [0.29, 0.717) is 12.5 Å². The molecule has 0 radical (unpaired) electrons. The molecule has 1 N–H and O–H groups in total. The van der Waals surface area contributed by atoms with Crippen molar-refractivity contribution in [1.29, 1.82) is 0 Å². The summed E-state index contributed by atoms with van der Waals surface area (Å²) in [7, 11) is 0. The van der Waals surface area contributed by atoms with Gasteiger partial charge in [0, 0.05) is 12.3 Å². The number of rotatable bonds is 6. The second-order valence-electron chi connectivity index (χ2n) is 7.69. The van der Waals surface area contributed by atoms with Crippen LogP contribution in [0.15, 0.2) is 12.1 Å². The van der Waals surface area contributed by atoms with E-state index in [1.54, 1.807) is 0 Å². The van der Waals surface area contributed by atoms with Gasteiger partial charge in [-0.2, -0.15) is 0 Å². The zero-order chi connectivity index (χ0) is 18.6. The summed E-state index contributed by atoms with van der Waals surface area (Å²) >= 11 is 0. The normalized spacial score (nSPS) is 23.6. The van der Waals surface area contributed by atoms with E-state index in [4.69, 9.17) is 9.47 Å². The van der Waals surface area contributed by atoms with Crippen LogP contribution in [0.2, 0.25) is 0 Å². The van der Waals surface area contributed by atoms with E-state index in [9.17, 15) is 4.79 Å². The highest BCUT2D eigenvalue weighted by atomic mass is 16.5. The first-order valence-electron chi connectivity index (χ1n) is 9.50. The van der Waals surface area contributed by atoms with Crippen molar-refractivity contribution in [3.63, 3.8) is 0 Å². The molecule has 1 fully saturated rings. The predicted octanol–water partition coefficient (Wildman–Crippen LogP) is 5.01. The molecule has 1 aliphatic carbocycles. The average Bonchev–Trinajstić information content (AvgIpc) is 2.51. The van der Waals surface area contributed by atoms with Crippen LogP contribution < -0.4 is 10.1 Å². The number of carbonyl (C=O) groups is 1. The van der Waals surface area contributed by atoms with Crippen LogP contribution in [0.1, 0.15) is 64.5 Å². The molecule has 0 saturated heterocycles. The van der Waals surface area contributed by atoms with Crippen LogP contribution in [-0.2, 0) is 9.53 Å². The van der Waals surface area contributed by atoms with Gasteiger partial charge in [0.05, 0.1) is 6.10 Å². The monoisotopic (exact) mass is 347 g/mol. The van der Waals surface area contributed by atoms with Gasteiger partial charge in [-0.05, 0) is 83.1 Å². The van der Waals surface area contributed by atoms with Crippen molar-refractivity contribution in [2.45, 2.75) is 78.9 Å². The van der Waals surface area contributed by atoms with Gasteiger partial charge in [0.2, 0.25) is 0 Å². The summed E-state index contributed by atoms with van der Waals surface area (Å²) in [5.74, 6) is 1.40. The SMILES string of the molecule is CCO[C@]1(C(=O)Nc2cc(C)c(OC(C)C)c(C)c2)CCC[C@@H](C)C1. The Bertz CT molecular complexity index is 584. The molecule has 0 aliphatic heterocycles. The summed E-state index contributed by atoms with van der Waals surface area (Å²) < 4.78 is 11.9. The first kappa shape index (κ1) is 19.8. The van der Waals surface area contributed by atoms with Gasteiger partial charge in [0.1, 0.15) is 11.4 Å². The molecule has 1 aliphatic rings. The summed E-state index contributed by atoms with van der Waals surface area (Å²) in [6.07, 6.45) is 3.92. The topological polar surface area (TPSA) is 47.6 Å². The molecule has 1 saturated carbocycles. The molecule has 25 heavy (non-hydrogen) atoms. The molecule has 1 aromatic carbocycles. The Kier molecular flexibility index (Phi) is 6.50. The molecule has 1 aromatic rings. The highest BCUT2D eigenvalue weighted by molar-refractivity contribution is 5.97. The highest BCUT2D eigenvalue weighted by Gasteiger charge is 2.42. The number of aryl methyl sites for hydroxylation is 2. The van der Waals surface area contributed by atoms with Gasteiger partial charge < -0.3 is 14.8 Å². The van der Waals surface area contributed by atoms with Crippen LogP contribution >= 0.6 is 0 Å². The molecule has 2 rings (SSSR count). The fourth-order valence-corrected chi connectivity index (χ4v) is 3.87. The fraction of sp³-hybridized carbons (Fsp3) is 0.667. The smallest absolute Gasteiger partial charge is 0.256 e. The molecule has 0 bridgehead atoms. The number of hydrogen-bond acceptors (Lipinski definition) is 3. The average molecular weight is 347 g/mol. The van der Waals surface area contributed by atoms with E-state index in [0.717, 1.165) is 41.8 Å². The fourth-order valence-electron chi connectivity index (χ4n) is 3.87. The second-order valence-corrected chi connectivity index (χ2v) is 7.69. The maximum Gasteiger partial charge on any atom is 0.256 e. The minimum atomic E-state index is -0.693. The van der Waals surface area contributed by atoms with Gasteiger partial charge in [-0.25, -0.2) is 0 Å². The zero-order valence-electron chi connectivity index (χ0n) is 16.6. The molecule has 0 heterocycles. The third kappa shape index (κ3) is 4.75. The second kappa shape index (κ2) is 8.22. The van der Waals surface area contributed by atoms with Gasteiger partial charge >= 0.3 is 0 Å². The third-order valence-electron chi connectivity index (χ3n) is 4.86. The molecule has 4 heteroatoms. The van der Waals surface area contributed by atoms with Gasteiger partial charge in [-0.1, -0.05) is 13.3 Å². The predicted molar refractivity (Wildman–Crippen MR) is 102 cm³/mol. The lowest BCUT2D eigenvalue weighted by molar-refractivity contribution is -0.147. The van der Waals surface area contributed by atoms with Crippen molar-refractivity contribution in [2.75, 3.05) is 11.9 Å². The summed E-state index contributed by atoms with van der Waals surface area (Å²) in [6, 6.07) is 3.96. The van der Waals surface area contributed by atoms with Gasteiger partial charge in [-0.15, -0.1) is 0 Å². The van der Waals surface area contributed by atoms with E-state index in [1.165, 1.54) is 6.42 Å². The minimum absolute atomic E-state index is 0.0165. The molecule has 0 unspecified atom stereocenters. The van der Waals surface area contributed by atoms with Crippen LogP contribution in [0.4, 0.5) is 5.69 Å². The van der Waals surface area contributed by atoms with Crippen molar-refractivity contribution < 1.29 is 14.3 Å². The van der Waals surface area contributed by atoms with Crippen LogP contribution in [-0.4, -0.2) is 24.2 Å². The number of anilines is 1. The largest absolute Gasteiger partial charge is 0.490 e. The Balaban J connectivity index is 2.21. The van der Waals surface area contributed by atoms with Crippen molar-refractivity contribution in [1.82, 2.24) is 0 Å². The molecular formula is C21H33NO3. The van der Waals surface area contributed by atoms with Crippen LogP contribution in [0.25, 0.3) is 0 Å².